The summed E-state index contributed by atoms with van der Waals surface area (Å²) in [5.74, 6) is 1.75. The normalized spacial score (nSPS) is 18.4. The van der Waals surface area contributed by atoms with Crippen LogP contribution in [0.4, 0.5) is 4.79 Å². The molecule has 1 aromatic carbocycles. The third-order valence-corrected chi connectivity index (χ3v) is 6.21. The zero-order valence-electron chi connectivity index (χ0n) is 20.2. The topological polar surface area (TPSA) is 78.4 Å². The number of ether oxygens (including phenoxy) is 2. The third kappa shape index (κ3) is 7.91. The summed E-state index contributed by atoms with van der Waals surface area (Å²) in [6.45, 7) is 9.39. The number of guanidine groups is 1. The minimum absolute atomic E-state index is 0. The first-order valence-electron chi connectivity index (χ1n) is 12.0. The smallest absolute Gasteiger partial charge is 0.409 e. The quantitative estimate of drug-likeness (QED) is 0.281. The van der Waals surface area contributed by atoms with Crippen molar-refractivity contribution in [3.05, 3.63) is 29.8 Å². The van der Waals surface area contributed by atoms with Gasteiger partial charge < -0.3 is 25.0 Å². The highest BCUT2D eigenvalue weighted by Crippen LogP contribution is 2.31. The number of amides is 1. The highest BCUT2D eigenvalue weighted by Gasteiger charge is 2.27. The molecule has 33 heavy (non-hydrogen) atoms. The molecule has 3 rings (SSSR count). The molecule has 1 aromatic rings. The number of rotatable bonds is 8. The maximum absolute atomic E-state index is 12.0. The molecule has 2 fully saturated rings. The first-order chi connectivity index (χ1) is 15.7. The van der Waals surface area contributed by atoms with Crippen LogP contribution in [0, 0.1) is 0 Å². The van der Waals surface area contributed by atoms with Crippen LogP contribution in [-0.2, 0) is 4.74 Å². The van der Waals surface area contributed by atoms with Gasteiger partial charge >= 0.3 is 6.09 Å². The third-order valence-electron chi connectivity index (χ3n) is 6.21. The van der Waals surface area contributed by atoms with Crippen LogP contribution in [0.1, 0.15) is 51.1 Å². The molecule has 0 saturated carbocycles. The zero-order chi connectivity index (χ0) is 22.8. The van der Waals surface area contributed by atoms with Crippen molar-refractivity contribution in [2.24, 2.45) is 4.99 Å². The first kappa shape index (κ1) is 27.5. The van der Waals surface area contributed by atoms with E-state index >= 15 is 0 Å². The number of carbonyl (C=O) groups excluding carboxylic acids is 1. The lowest BCUT2D eigenvalue weighted by Gasteiger charge is -2.32. The van der Waals surface area contributed by atoms with Crippen molar-refractivity contribution in [3.63, 3.8) is 0 Å². The number of para-hydroxylation sites is 1. The van der Waals surface area contributed by atoms with Crippen LogP contribution in [0.15, 0.2) is 29.3 Å². The fourth-order valence-electron chi connectivity index (χ4n) is 4.52. The van der Waals surface area contributed by atoms with Crippen molar-refractivity contribution in [3.8, 4) is 5.75 Å². The second kappa shape index (κ2) is 14.5. The van der Waals surface area contributed by atoms with Gasteiger partial charge in [-0.15, -0.1) is 24.0 Å². The number of carbonyl (C=O) groups is 1. The number of nitrogens with one attached hydrogen (secondary N) is 2. The molecule has 8 nitrogen and oxygen atoms in total. The molecule has 1 amide bonds. The molecule has 9 heteroatoms. The highest BCUT2D eigenvalue weighted by molar-refractivity contribution is 14.0. The van der Waals surface area contributed by atoms with E-state index in [1.54, 1.807) is 12.0 Å². The first-order valence-corrected chi connectivity index (χ1v) is 12.0. The summed E-state index contributed by atoms with van der Waals surface area (Å²) in [5, 5.41) is 6.98. The monoisotopic (exact) mass is 573 g/mol. The average molecular weight is 574 g/mol. The van der Waals surface area contributed by atoms with E-state index in [4.69, 9.17) is 14.5 Å². The molecule has 2 saturated heterocycles. The van der Waals surface area contributed by atoms with E-state index in [2.05, 4.69) is 34.6 Å². The molecule has 0 spiro atoms. The van der Waals surface area contributed by atoms with E-state index in [1.807, 2.05) is 19.1 Å². The number of hydrogen-bond acceptors (Lipinski definition) is 5. The molecule has 1 unspecified atom stereocenters. The average Bonchev–Trinajstić information content (AvgIpc) is 3.35. The van der Waals surface area contributed by atoms with E-state index in [0.29, 0.717) is 26.2 Å². The largest absolute Gasteiger partial charge is 0.496 e. The Bertz CT molecular complexity index is 749. The van der Waals surface area contributed by atoms with Crippen molar-refractivity contribution < 1.29 is 14.3 Å². The van der Waals surface area contributed by atoms with Crippen molar-refractivity contribution in [1.29, 1.82) is 0 Å². The van der Waals surface area contributed by atoms with Crippen molar-refractivity contribution in [2.75, 3.05) is 53.0 Å². The second-order valence-corrected chi connectivity index (χ2v) is 8.33. The van der Waals surface area contributed by atoms with Crippen molar-refractivity contribution in [2.45, 2.75) is 51.6 Å². The summed E-state index contributed by atoms with van der Waals surface area (Å²) >= 11 is 0. The molecule has 2 aliphatic heterocycles. The SMILES string of the molecule is CCNC(=NCC(c1ccccc1OC)N1CCCC1)NC1CCN(C(=O)OCC)CC1.I. The summed E-state index contributed by atoms with van der Waals surface area (Å²) in [7, 11) is 1.73. The minimum atomic E-state index is -0.211. The van der Waals surface area contributed by atoms with Crippen LogP contribution in [-0.4, -0.2) is 80.9 Å². The van der Waals surface area contributed by atoms with Gasteiger partial charge in [0.15, 0.2) is 5.96 Å². The fourth-order valence-corrected chi connectivity index (χ4v) is 4.52. The predicted octanol–water partition coefficient (Wildman–Crippen LogP) is 3.63. The Kier molecular flexibility index (Phi) is 12.1. The maximum Gasteiger partial charge on any atom is 0.409 e. The van der Waals surface area contributed by atoms with Gasteiger partial charge in [-0.3, -0.25) is 9.89 Å². The molecule has 0 aliphatic carbocycles. The Hall–Kier alpha value is -1.75. The molecule has 2 heterocycles. The van der Waals surface area contributed by atoms with E-state index in [9.17, 15) is 4.79 Å². The van der Waals surface area contributed by atoms with E-state index in [1.165, 1.54) is 18.4 Å². The van der Waals surface area contributed by atoms with Crippen LogP contribution in [0.3, 0.4) is 0 Å². The molecular formula is C24H40IN5O3. The zero-order valence-corrected chi connectivity index (χ0v) is 22.5. The molecular weight excluding hydrogens is 533 g/mol. The Morgan fingerprint density at radius 1 is 1.15 bits per heavy atom. The summed E-state index contributed by atoms with van der Waals surface area (Å²) in [6, 6.07) is 8.75. The van der Waals surface area contributed by atoms with E-state index in [0.717, 1.165) is 44.2 Å². The van der Waals surface area contributed by atoms with Gasteiger partial charge in [0.2, 0.25) is 0 Å². The van der Waals surface area contributed by atoms with Crippen LogP contribution >= 0.6 is 24.0 Å². The number of aliphatic imine (C=N–C) groups is 1. The maximum atomic E-state index is 12.0. The van der Waals surface area contributed by atoms with E-state index < -0.39 is 0 Å². The lowest BCUT2D eigenvalue weighted by molar-refractivity contribution is 0.0963. The van der Waals surface area contributed by atoms with Crippen LogP contribution in [0.25, 0.3) is 0 Å². The molecule has 186 valence electrons. The fraction of sp³-hybridized carbons (Fsp3) is 0.667. The van der Waals surface area contributed by atoms with Gasteiger partial charge in [-0.05, 0) is 58.7 Å². The molecule has 2 aliphatic rings. The molecule has 0 radical (unpaired) electrons. The summed E-state index contributed by atoms with van der Waals surface area (Å²) in [4.78, 5) is 21.2. The minimum Gasteiger partial charge on any atom is -0.496 e. The summed E-state index contributed by atoms with van der Waals surface area (Å²) in [5.41, 5.74) is 1.19. The Morgan fingerprint density at radius 2 is 1.85 bits per heavy atom. The molecule has 1 atom stereocenters. The van der Waals surface area contributed by atoms with Gasteiger partial charge in [-0.1, -0.05) is 18.2 Å². The lowest BCUT2D eigenvalue weighted by atomic mass is 10.0. The van der Waals surface area contributed by atoms with Gasteiger partial charge in [0, 0.05) is 31.2 Å². The standard InChI is InChI=1S/C24H39N5O3.HI/c1-4-25-23(27-19-12-16-29(17-13-19)24(30)32-5-2)26-18-21(28-14-8-9-15-28)20-10-6-7-11-22(20)31-3;/h6-7,10-11,19,21H,4-5,8-9,12-18H2,1-3H3,(H2,25,26,27);1H. The number of likely N-dealkylation sites (tertiary alicyclic amines) is 2. The molecule has 0 bridgehead atoms. The summed E-state index contributed by atoms with van der Waals surface area (Å²) < 4.78 is 10.8. The Balaban J connectivity index is 0.00000385. The van der Waals surface area contributed by atoms with Gasteiger partial charge in [0.05, 0.1) is 26.3 Å². The number of hydrogen-bond donors (Lipinski definition) is 2. The Labute approximate surface area is 215 Å². The molecule has 2 N–H and O–H groups in total. The second-order valence-electron chi connectivity index (χ2n) is 8.33. The molecule has 0 aromatic heterocycles. The van der Waals surface area contributed by atoms with Crippen molar-refractivity contribution >= 4 is 36.0 Å². The highest BCUT2D eigenvalue weighted by atomic mass is 127. The van der Waals surface area contributed by atoms with Gasteiger partial charge in [0.1, 0.15) is 5.75 Å². The van der Waals surface area contributed by atoms with Crippen molar-refractivity contribution in [1.82, 2.24) is 20.4 Å². The van der Waals surface area contributed by atoms with Crippen LogP contribution < -0.4 is 15.4 Å². The van der Waals surface area contributed by atoms with Gasteiger partial charge in [-0.25, -0.2) is 4.79 Å². The predicted molar refractivity (Wildman–Crippen MR) is 143 cm³/mol. The summed E-state index contributed by atoms with van der Waals surface area (Å²) in [6.07, 6.45) is 4.01. The van der Waals surface area contributed by atoms with E-state index in [-0.39, 0.29) is 42.2 Å². The number of nitrogens with zero attached hydrogens (tertiary/aromatic N) is 3. The number of piperidine rings is 1. The van der Waals surface area contributed by atoms with Gasteiger partial charge in [0.25, 0.3) is 0 Å². The van der Waals surface area contributed by atoms with Crippen LogP contribution in [0.2, 0.25) is 0 Å². The Morgan fingerprint density at radius 3 is 2.48 bits per heavy atom. The number of halogens is 1. The number of benzene rings is 1. The number of methoxy groups -OCH3 is 1. The lowest BCUT2D eigenvalue weighted by Crippen LogP contribution is -2.50. The van der Waals surface area contributed by atoms with Crippen LogP contribution in [0.5, 0.6) is 5.75 Å². The van der Waals surface area contributed by atoms with Gasteiger partial charge in [-0.2, -0.15) is 0 Å².